The quantitative estimate of drug-likeness (QED) is 0.824. The summed E-state index contributed by atoms with van der Waals surface area (Å²) in [5.74, 6) is -0.402. The number of rotatable bonds is 6. The molecule has 26 heavy (non-hydrogen) atoms. The molecule has 2 aliphatic rings. The van der Waals surface area contributed by atoms with Crippen LogP contribution in [0.1, 0.15) is 19.3 Å². The third-order valence-electron chi connectivity index (χ3n) is 5.31. The zero-order valence-corrected chi connectivity index (χ0v) is 14.5. The molecule has 1 saturated carbocycles. The van der Waals surface area contributed by atoms with Gasteiger partial charge in [0.25, 0.3) is 0 Å². The molecular weight excluding hydrogens is 332 g/mol. The van der Waals surface area contributed by atoms with Crippen molar-refractivity contribution in [2.45, 2.75) is 25.8 Å². The lowest BCUT2D eigenvalue weighted by Gasteiger charge is -2.19. The predicted octanol–water partition coefficient (Wildman–Crippen LogP) is 1.54. The first kappa shape index (κ1) is 16.6. The summed E-state index contributed by atoms with van der Waals surface area (Å²) < 4.78 is 2.04. The first-order valence-electron chi connectivity index (χ1n) is 8.88. The monoisotopic (exact) mass is 354 g/mol. The second kappa shape index (κ2) is 6.48. The summed E-state index contributed by atoms with van der Waals surface area (Å²) >= 11 is 0. The Hall–Kier alpha value is -2.83. The molecule has 1 aliphatic carbocycles. The number of aromatic hydroxyl groups is 1. The van der Waals surface area contributed by atoms with Gasteiger partial charge in [-0.15, -0.1) is 0 Å². The number of phenolic OH excluding ortho intramolecular Hbond substituents is 1. The van der Waals surface area contributed by atoms with Crippen LogP contribution in [0.4, 0.5) is 5.69 Å². The number of hydrogen-bond acceptors (Lipinski definition) is 4. The van der Waals surface area contributed by atoms with Crippen molar-refractivity contribution in [2.24, 2.45) is 11.3 Å². The maximum Gasteiger partial charge on any atom is 0.227 e. The Morgan fingerprint density at radius 3 is 2.92 bits per heavy atom. The zero-order valence-electron chi connectivity index (χ0n) is 14.5. The van der Waals surface area contributed by atoms with E-state index in [2.05, 4.69) is 10.3 Å². The predicted molar refractivity (Wildman–Crippen MR) is 95.5 cm³/mol. The molecule has 2 aromatic rings. The zero-order chi connectivity index (χ0) is 18.1. The molecule has 7 nitrogen and oxygen atoms in total. The summed E-state index contributed by atoms with van der Waals surface area (Å²) in [5, 5.41) is 12.6. The molecule has 0 spiro atoms. The number of carbonyl (C=O) groups is 2. The summed E-state index contributed by atoms with van der Waals surface area (Å²) in [6.07, 6.45) is 7.87. The molecule has 1 atom stereocenters. The fourth-order valence-corrected chi connectivity index (χ4v) is 3.55. The van der Waals surface area contributed by atoms with Gasteiger partial charge in [-0.05, 0) is 25.0 Å². The minimum absolute atomic E-state index is 0.0714. The Bertz CT molecular complexity index is 814. The number of imidazole rings is 1. The van der Waals surface area contributed by atoms with Crippen LogP contribution in [0.2, 0.25) is 0 Å². The van der Waals surface area contributed by atoms with Crippen LogP contribution in [0.3, 0.4) is 0 Å². The van der Waals surface area contributed by atoms with Gasteiger partial charge in [0.05, 0.1) is 12.2 Å². The molecule has 0 bridgehead atoms. The second-order valence-electron chi connectivity index (χ2n) is 7.38. The third kappa shape index (κ3) is 3.42. The summed E-state index contributed by atoms with van der Waals surface area (Å²) in [7, 11) is 0. The Balaban J connectivity index is 1.34. The van der Waals surface area contributed by atoms with Crippen LogP contribution in [-0.2, 0) is 16.1 Å². The topological polar surface area (TPSA) is 87.5 Å². The minimum atomic E-state index is -0.353. The number of nitrogens with zero attached hydrogens (tertiary/aromatic N) is 3. The number of aromatic nitrogens is 2. The summed E-state index contributed by atoms with van der Waals surface area (Å²) in [6, 6.07) is 6.56. The molecule has 1 aromatic heterocycles. The average molecular weight is 354 g/mol. The SMILES string of the molecule is O=C(NCC1(Cn2ccnc2)CC1)[C@H]1CC(=O)N(c2cccc(O)c2)C1. The highest BCUT2D eigenvalue weighted by atomic mass is 16.3. The van der Waals surface area contributed by atoms with E-state index in [1.807, 2.05) is 10.8 Å². The van der Waals surface area contributed by atoms with Crippen molar-refractivity contribution in [1.82, 2.24) is 14.9 Å². The lowest BCUT2D eigenvalue weighted by molar-refractivity contribution is -0.126. The average Bonchev–Trinajstić information content (AvgIpc) is 3.01. The fourth-order valence-electron chi connectivity index (χ4n) is 3.55. The highest BCUT2D eigenvalue weighted by molar-refractivity contribution is 6.00. The van der Waals surface area contributed by atoms with Gasteiger partial charge in [0.15, 0.2) is 0 Å². The Morgan fingerprint density at radius 2 is 2.23 bits per heavy atom. The van der Waals surface area contributed by atoms with Gasteiger partial charge in [0, 0.05) is 55.6 Å². The normalized spacial score (nSPS) is 21.0. The van der Waals surface area contributed by atoms with Crippen LogP contribution < -0.4 is 10.2 Å². The van der Waals surface area contributed by atoms with Crippen LogP contribution in [0.15, 0.2) is 43.0 Å². The minimum Gasteiger partial charge on any atom is -0.508 e. The highest BCUT2D eigenvalue weighted by Crippen LogP contribution is 2.46. The van der Waals surface area contributed by atoms with E-state index in [1.54, 1.807) is 41.7 Å². The molecule has 2 fully saturated rings. The standard InChI is InChI=1S/C19H22N4O3/c24-16-3-1-2-15(9-16)23-10-14(8-17(23)25)18(26)21-11-19(4-5-19)12-22-7-6-20-13-22/h1-3,6-7,9,13-14,24H,4-5,8,10-12H2,(H,21,26)/t14-/m0/s1. The van der Waals surface area contributed by atoms with Gasteiger partial charge in [-0.25, -0.2) is 4.98 Å². The molecule has 7 heteroatoms. The molecule has 2 N–H and O–H groups in total. The van der Waals surface area contributed by atoms with E-state index in [0.29, 0.717) is 18.8 Å². The molecule has 4 rings (SSSR count). The number of phenols is 1. The Kier molecular flexibility index (Phi) is 4.14. The van der Waals surface area contributed by atoms with E-state index in [0.717, 1.165) is 19.4 Å². The number of anilines is 1. The van der Waals surface area contributed by atoms with Crippen molar-refractivity contribution in [2.75, 3.05) is 18.0 Å². The van der Waals surface area contributed by atoms with Gasteiger partial charge < -0.3 is 19.9 Å². The molecule has 1 aliphatic heterocycles. The number of hydrogen-bond donors (Lipinski definition) is 2. The first-order valence-corrected chi connectivity index (χ1v) is 8.88. The summed E-state index contributed by atoms with van der Waals surface area (Å²) in [5.41, 5.74) is 0.744. The molecule has 2 amide bonds. The van der Waals surface area contributed by atoms with Crippen LogP contribution in [-0.4, -0.2) is 39.6 Å². The van der Waals surface area contributed by atoms with Gasteiger partial charge in [-0.1, -0.05) is 6.07 Å². The van der Waals surface area contributed by atoms with Crippen molar-refractivity contribution in [1.29, 1.82) is 0 Å². The number of nitrogens with one attached hydrogen (secondary N) is 1. The van der Waals surface area contributed by atoms with E-state index in [1.165, 1.54) is 0 Å². The van der Waals surface area contributed by atoms with Gasteiger partial charge in [-0.2, -0.15) is 0 Å². The van der Waals surface area contributed by atoms with Crippen LogP contribution in [0.25, 0.3) is 0 Å². The number of amides is 2. The second-order valence-corrected chi connectivity index (χ2v) is 7.38. The number of carbonyl (C=O) groups excluding carboxylic acids is 2. The third-order valence-corrected chi connectivity index (χ3v) is 5.31. The summed E-state index contributed by atoms with van der Waals surface area (Å²) in [6.45, 7) is 1.83. The fraction of sp³-hybridized carbons (Fsp3) is 0.421. The van der Waals surface area contributed by atoms with Gasteiger partial charge in [-0.3, -0.25) is 9.59 Å². The first-order chi connectivity index (χ1) is 12.5. The van der Waals surface area contributed by atoms with Crippen molar-refractivity contribution in [3.05, 3.63) is 43.0 Å². The van der Waals surface area contributed by atoms with Gasteiger partial charge in [0.1, 0.15) is 5.75 Å². The van der Waals surface area contributed by atoms with Crippen molar-refractivity contribution >= 4 is 17.5 Å². The largest absolute Gasteiger partial charge is 0.508 e. The maximum atomic E-state index is 12.6. The summed E-state index contributed by atoms with van der Waals surface area (Å²) in [4.78, 5) is 30.5. The molecule has 1 saturated heterocycles. The maximum absolute atomic E-state index is 12.6. The number of benzene rings is 1. The van der Waals surface area contributed by atoms with Gasteiger partial charge in [0.2, 0.25) is 11.8 Å². The van der Waals surface area contributed by atoms with Crippen LogP contribution >= 0.6 is 0 Å². The van der Waals surface area contributed by atoms with Crippen molar-refractivity contribution in [3.8, 4) is 5.75 Å². The highest BCUT2D eigenvalue weighted by Gasteiger charge is 2.44. The molecular formula is C19H22N4O3. The van der Waals surface area contributed by atoms with Crippen LogP contribution in [0.5, 0.6) is 5.75 Å². The van der Waals surface area contributed by atoms with E-state index in [-0.39, 0.29) is 35.3 Å². The lowest BCUT2D eigenvalue weighted by atomic mass is 10.1. The van der Waals surface area contributed by atoms with E-state index >= 15 is 0 Å². The Labute approximate surface area is 151 Å². The van der Waals surface area contributed by atoms with Crippen LogP contribution in [0, 0.1) is 11.3 Å². The Morgan fingerprint density at radius 1 is 1.38 bits per heavy atom. The molecule has 0 unspecified atom stereocenters. The van der Waals surface area contributed by atoms with Crippen molar-refractivity contribution < 1.29 is 14.7 Å². The lowest BCUT2D eigenvalue weighted by Crippen LogP contribution is -2.37. The van der Waals surface area contributed by atoms with E-state index in [9.17, 15) is 14.7 Å². The molecule has 0 radical (unpaired) electrons. The molecule has 136 valence electrons. The molecule has 1 aromatic carbocycles. The van der Waals surface area contributed by atoms with Crippen molar-refractivity contribution in [3.63, 3.8) is 0 Å². The van der Waals surface area contributed by atoms with E-state index in [4.69, 9.17) is 0 Å². The van der Waals surface area contributed by atoms with Gasteiger partial charge >= 0.3 is 0 Å². The smallest absolute Gasteiger partial charge is 0.227 e. The molecule has 2 heterocycles. The van der Waals surface area contributed by atoms with E-state index < -0.39 is 0 Å².